The first-order chi connectivity index (χ1) is 8.20. The molecule has 3 heteroatoms. The maximum Gasteiger partial charge on any atom is 0.147 e. The highest BCUT2D eigenvalue weighted by Crippen LogP contribution is 2.29. The van der Waals surface area contributed by atoms with Gasteiger partial charge in [-0.2, -0.15) is 0 Å². The van der Waals surface area contributed by atoms with E-state index in [0.29, 0.717) is 6.04 Å². The Morgan fingerprint density at radius 2 is 2.06 bits per heavy atom. The van der Waals surface area contributed by atoms with E-state index in [4.69, 9.17) is 0 Å². The average molecular weight is 233 g/mol. The average Bonchev–Trinajstić information content (AvgIpc) is 2.34. The van der Waals surface area contributed by atoms with Gasteiger partial charge in [-0.15, -0.1) is 0 Å². The van der Waals surface area contributed by atoms with Gasteiger partial charge in [-0.25, -0.2) is 4.98 Å². The van der Waals surface area contributed by atoms with E-state index in [-0.39, 0.29) is 0 Å². The molecule has 0 aliphatic heterocycles. The van der Waals surface area contributed by atoms with E-state index in [2.05, 4.69) is 22.2 Å². The van der Waals surface area contributed by atoms with Gasteiger partial charge in [0.2, 0.25) is 0 Å². The molecule has 2 rings (SSSR count). The maximum absolute atomic E-state index is 4.56. The van der Waals surface area contributed by atoms with E-state index >= 15 is 0 Å². The van der Waals surface area contributed by atoms with Crippen molar-refractivity contribution in [1.82, 2.24) is 9.97 Å². The maximum atomic E-state index is 4.56. The first kappa shape index (κ1) is 12.3. The fourth-order valence-corrected chi connectivity index (χ4v) is 2.74. The van der Waals surface area contributed by atoms with Crippen molar-refractivity contribution in [1.29, 1.82) is 0 Å². The fraction of sp³-hybridized carbons (Fsp3) is 0.714. The van der Waals surface area contributed by atoms with Crippen LogP contribution in [-0.2, 0) is 0 Å². The van der Waals surface area contributed by atoms with Crippen molar-refractivity contribution in [3.05, 3.63) is 17.6 Å². The van der Waals surface area contributed by atoms with E-state index in [1.165, 1.54) is 32.1 Å². The number of nitrogens with zero attached hydrogens (tertiary/aromatic N) is 2. The Bertz CT molecular complexity index is 376. The van der Waals surface area contributed by atoms with E-state index < -0.39 is 0 Å². The molecular formula is C14H23N3. The molecule has 1 fully saturated rings. The van der Waals surface area contributed by atoms with Gasteiger partial charge in [0.15, 0.2) is 0 Å². The molecule has 1 aromatic heterocycles. The molecule has 0 spiro atoms. The third-order valence-electron chi connectivity index (χ3n) is 3.83. The van der Waals surface area contributed by atoms with Crippen LogP contribution in [0.5, 0.6) is 0 Å². The smallest absolute Gasteiger partial charge is 0.147 e. The summed E-state index contributed by atoms with van der Waals surface area (Å²) in [6, 6.07) is 0.587. The summed E-state index contributed by atoms with van der Waals surface area (Å²) in [7, 11) is 0. The molecule has 1 aliphatic rings. The van der Waals surface area contributed by atoms with Crippen molar-refractivity contribution in [2.45, 2.75) is 58.9 Å². The standard InChI is InChI=1S/C14H23N3/c1-4-12-7-5-6-8-13(12)17-14-11(3)15-9-10(2)16-14/h9,12-13H,4-8H2,1-3H3,(H,16,17). The molecule has 1 saturated carbocycles. The van der Waals surface area contributed by atoms with Gasteiger partial charge in [0.1, 0.15) is 5.82 Å². The molecule has 3 nitrogen and oxygen atoms in total. The molecule has 1 heterocycles. The van der Waals surface area contributed by atoms with Crippen LogP contribution in [0.15, 0.2) is 6.20 Å². The molecule has 17 heavy (non-hydrogen) atoms. The van der Waals surface area contributed by atoms with Gasteiger partial charge in [-0.1, -0.05) is 26.2 Å². The van der Waals surface area contributed by atoms with Crippen LogP contribution < -0.4 is 5.32 Å². The van der Waals surface area contributed by atoms with Gasteiger partial charge in [0, 0.05) is 12.2 Å². The molecule has 0 amide bonds. The molecule has 94 valence electrons. The molecule has 0 saturated heterocycles. The lowest BCUT2D eigenvalue weighted by Gasteiger charge is -2.32. The van der Waals surface area contributed by atoms with Crippen LogP contribution >= 0.6 is 0 Å². The van der Waals surface area contributed by atoms with Crippen LogP contribution in [0.4, 0.5) is 5.82 Å². The third-order valence-corrected chi connectivity index (χ3v) is 3.83. The minimum atomic E-state index is 0.587. The minimum Gasteiger partial charge on any atom is -0.366 e. The first-order valence-electron chi connectivity index (χ1n) is 6.77. The van der Waals surface area contributed by atoms with Crippen molar-refractivity contribution in [2.75, 3.05) is 5.32 Å². The highest BCUT2D eigenvalue weighted by molar-refractivity contribution is 5.40. The third kappa shape index (κ3) is 2.96. The number of aryl methyl sites for hydroxylation is 2. The van der Waals surface area contributed by atoms with E-state index in [9.17, 15) is 0 Å². The predicted molar refractivity (Wildman–Crippen MR) is 71.2 cm³/mol. The Labute approximate surface area is 104 Å². The van der Waals surface area contributed by atoms with Crippen LogP contribution in [0.1, 0.15) is 50.4 Å². The molecule has 0 radical (unpaired) electrons. The predicted octanol–water partition coefficient (Wildman–Crippen LogP) is 3.47. The Morgan fingerprint density at radius 1 is 1.29 bits per heavy atom. The lowest BCUT2D eigenvalue weighted by atomic mass is 9.83. The van der Waals surface area contributed by atoms with Crippen molar-refractivity contribution >= 4 is 5.82 Å². The van der Waals surface area contributed by atoms with Gasteiger partial charge in [-0.3, -0.25) is 4.98 Å². The van der Waals surface area contributed by atoms with Crippen LogP contribution in [-0.4, -0.2) is 16.0 Å². The molecule has 1 N–H and O–H groups in total. The monoisotopic (exact) mass is 233 g/mol. The van der Waals surface area contributed by atoms with Gasteiger partial charge in [0.25, 0.3) is 0 Å². The second kappa shape index (κ2) is 5.48. The summed E-state index contributed by atoms with van der Waals surface area (Å²) < 4.78 is 0. The molecule has 0 bridgehead atoms. The van der Waals surface area contributed by atoms with Crippen molar-refractivity contribution in [2.24, 2.45) is 5.92 Å². The molecule has 1 aromatic rings. The van der Waals surface area contributed by atoms with Gasteiger partial charge in [-0.05, 0) is 32.6 Å². The topological polar surface area (TPSA) is 37.8 Å². The highest BCUT2D eigenvalue weighted by atomic mass is 15.0. The van der Waals surface area contributed by atoms with Gasteiger partial charge in [0.05, 0.1) is 11.4 Å². The largest absolute Gasteiger partial charge is 0.366 e. The lowest BCUT2D eigenvalue weighted by molar-refractivity contribution is 0.316. The number of aromatic nitrogens is 2. The summed E-state index contributed by atoms with van der Waals surface area (Å²) in [5.41, 5.74) is 2.00. The molecular weight excluding hydrogens is 210 g/mol. The SMILES string of the molecule is CCC1CCCCC1Nc1nc(C)cnc1C. The minimum absolute atomic E-state index is 0.587. The first-order valence-corrected chi connectivity index (χ1v) is 6.77. The number of rotatable bonds is 3. The second-order valence-corrected chi connectivity index (χ2v) is 5.15. The second-order valence-electron chi connectivity index (χ2n) is 5.15. The van der Waals surface area contributed by atoms with Crippen molar-refractivity contribution in [3.63, 3.8) is 0 Å². The van der Waals surface area contributed by atoms with Crippen molar-refractivity contribution < 1.29 is 0 Å². The number of anilines is 1. The Hall–Kier alpha value is -1.12. The van der Waals surface area contributed by atoms with Crippen LogP contribution in [0.2, 0.25) is 0 Å². The van der Waals surface area contributed by atoms with E-state index in [0.717, 1.165) is 23.1 Å². The quantitative estimate of drug-likeness (QED) is 0.868. The van der Waals surface area contributed by atoms with Crippen LogP contribution in [0.25, 0.3) is 0 Å². The Kier molecular flexibility index (Phi) is 3.97. The summed E-state index contributed by atoms with van der Waals surface area (Å²) in [4.78, 5) is 8.93. The Morgan fingerprint density at radius 3 is 2.82 bits per heavy atom. The summed E-state index contributed by atoms with van der Waals surface area (Å²) in [6.07, 6.45) is 8.44. The lowest BCUT2D eigenvalue weighted by Crippen LogP contribution is -2.32. The van der Waals surface area contributed by atoms with E-state index in [1.807, 2.05) is 20.0 Å². The molecule has 1 aliphatic carbocycles. The molecule has 0 aromatic carbocycles. The number of hydrogen-bond acceptors (Lipinski definition) is 3. The summed E-state index contributed by atoms with van der Waals surface area (Å²) in [5, 5.41) is 3.62. The summed E-state index contributed by atoms with van der Waals surface area (Å²) in [5.74, 6) is 1.78. The summed E-state index contributed by atoms with van der Waals surface area (Å²) in [6.45, 7) is 6.31. The van der Waals surface area contributed by atoms with Crippen LogP contribution in [0, 0.1) is 19.8 Å². The highest BCUT2D eigenvalue weighted by Gasteiger charge is 2.24. The van der Waals surface area contributed by atoms with Crippen LogP contribution in [0.3, 0.4) is 0 Å². The normalized spacial score (nSPS) is 24.6. The Balaban J connectivity index is 2.10. The molecule has 2 atom stereocenters. The zero-order chi connectivity index (χ0) is 12.3. The molecule has 2 unspecified atom stereocenters. The summed E-state index contributed by atoms with van der Waals surface area (Å²) >= 11 is 0. The van der Waals surface area contributed by atoms with Gasteiger partial charge < -0.3 is 5.32 Å². The van der Waals surface area contributed by atoms with Gasteiger partial charge >= 0.3 is 0 Å². The zero-order valence-corrected chi connectivity index (χ0v) is 11.2. The van der Waals surface area contributed by atoms with E-state index in [1.54, 1.807) is 0 Å². The zero-order valence-electron chi connectivity index (χ0n) is 11.2. The fourth-order valence-electron chi connectivity index (χ4n) is 2.74. The number of nitrogens with one attached hydrogen (secondary N) is 1. The van der Waals surface area contributed by atoms with Crippen molar-refractivity contribution in [3.8, 4) is 0 Å². The number of hydrogen-bond donors (Lipinski definition) is 1.